The van der Waals surface area contributed by atoms with Crippen molar-refractivity contribution in [1.82, 2.24) is 20.4 Å². The number of hydrogen-bond acceptors (Lipinski definition) is 5. The molecule has 0 bridgehead atoms. The molecule has 0 aliphatic carbocycles. The second kappa shape index (κ2) is 8.22. The van der Waals surface area contributed by atoms with Crippen LogP contribution in [0.2, 0.25) is 0 Å². The maximum Gasteiger partial charge on any atom is 0.272 e. The number of aromatic nitrogens is 2. The first-order valence-corrected chi connectivity index (χ1v) is 8.81. The van der Waals surface area contributed by atoms with Crippen molar-refractivity contribution in [2.45, 2.75) is 31.8 Å². The Bertz CT molecular complexity index is 781. The van der Waals surface area contributed by atoms with Crippen LogP contribution >= 0.6 is 0 Å². The van der Waals surface area contributed by atoms with Gasteiger partial charge >= 0.3 is 0 Å². The summed E-state index contributed by atoms with van der Waals surface area (Å²) < 4.78 is 0. The summed E-state index contributed by atoms with van der Waals surface area (Å²) in [5.41, 5.74) is -0.162. The van der Waals surface area contributed by atoms with E-state index in [4.69, 9.17) is 0 Å². The van der Waals surface area contributed by atoms with Crippen molar-refractivity contribution in [2.75, 3.05) is 26.2 Å². The minimum Gasteiger partial charge on any atom is -0.390 e. The topological polar surface area (TPSA) is 98.3 Å². The minimum absolute atomic E-state index is 0.157. The SMILES string of the molecule is O=C(NCC(O)CN1CCCCCC1)c1n[nH]c(=O)c2ccccc12. The van der Waals surface area contributed by atoms with Crippen LogP contribution in [0, 0.1) is 0 Å². The normalized spacial score (nSPS) is 17.2. The molecule has 3 rings (SSSR count). The molecular formula is C18H24N4O3. The molecule has 1 aromatic carbocycles. The third-order valence-electron chi connectivity index (χ3n) is 4.58. The molecule has 0 radical (unpaired) electrons. The maximum absolute atomic E-state index is 12.4. The third-order valence-corrected chi connectivity index (χ3v) is 4.58. The molecule has 1 aromatic heterocycles. The Balaban J connectivity index is 1.61. The van der Waals surface area contributed by atoms with Crippen molar-refractivity contribution < 1.29 is 9.90 Å². The van der Waals surface area contributed by atoms with Crippen LogP contribution in [0.25, 0.3) is 10.8 Å². The van der Waals surface area contributed by atoms with Gasteiger partial charge in [0.15, 0.2) is 5.69 Å². The number of aromatic amines is 1. The number of benzene rings is 1. The van der Waals surface area contributed by atoms with Gasteiger partial charge in [-0.1, -0.05) is 31.0 Å². The fraction of sp³-hybridized carbons (Fsp3) is 0.500. The Morgan fingerprint density at radius 1 is 1.20 bits per heavy atom. The van der Waals surface area contributed by atoms with Crippen molar-refractivity contribution in [2.24, 2.45) is 0 Å². The monoisotopic (exact) mass is 344 g/mol. The van der Waals surface area contributed by atoms with Gasteiger partial charge in [-0.25, -0.2) is 5.10 Å². The number of nitrogens with one attached hydrogen (secondary N) is 2. The van der Waals surface area contributed by atoms with Crippen LogP contribution in [0.1, 0.15) is 36.2 Å². The molecule has 7 heteroatoms. The highest BCUT2D eigenvalue weighted by Crippen LogP contribution is 2.12. The number of likely N-dealkylation sites (tertiary alicyclic amines) is 1. The fourth-order valence-electron chi connectivity index (χ4n) is 3.26. The summed E-state index contributed by atoms with van der Waals surface area (Å²) in [7, 11) is 0. The standard InChI is InChI=1S/C18H24N4O3/c23-13(12-22-9-5-1-2-6-10-22)11-19-18(25)16-14-7-3-4-8-15(14)17(24)21-20-16/h3-4,7-8,13,23H,1-2,5-6,9-12H2,(H,19,25)(H,21,24). The number of amides is 1. The van der Waals surface area contributed by atoms with Gasteiger partial charge in [0.05, 0.1) is 11.5 Å². The highest BCUT2D eigenvalue weighted by molar-refractivity contribution is 6.04. The molecule has 1 aliphatic heterocycles. The lowest BCUT2D eigenvalue weighted by Gasteiger charge is -2.23. The predicted octanol–water partition coefficient (Wildman–Crippen LogP) is 0.890. The molecule has 2 aromatic rings. The molecule has 0 saturated carbocycles. The van der Waals surface area contributed by atoms with Crippen molar-refractivity contribution in [3.63, 3.8) is 0 Å². The number of rotatable bonds is 5. The Hall–Kier alpha value is -2.25. The van der Waals surface area contributed by atoms with Gasteiger partial charge in [-0.15, -0.1) is 0 Å². The van der Waals surface area contributed by atoms with E-state index in [2.05, 4.69) is 20.4 Å². The molecule has 3 N–H and O–H groups in total. The largest absolute Gasteiger partial charge is 0.390 e. The average molecular weight is 344 g/mol. The van der Waals surface area contributed by atoms with Crippen molar-refractivity contribution in [1.29, 1.82) is 0 Å². The zero-order chi connectivity index (χ0) is 17.6. The summed E-state index contributed by atoms with van der Waals surface area (Å²) in [5.74, 6) is -0.401. The van der Waals surface area contributed by atoms with Gasteiger partial charge in [0.25, 0.3) is 11.5 Å². The molecule has 1 saturated heterocycles. The van der Waals surface area contributed by atoms with Crippen molar-refractivity contribution in [3.8, 4) is 0 Å². The number of aliphatic hydroxyl groups is 1. The molecule has 2 heterocycles. The smallest absolute Gasteiger partial charge is 0.272 e. The zero-order valence-electron chi connectivity index (χ0n) is 14.2. The van der Waals surface area contributed by atoms with Crippen LogP contribution in [0.5, 0.6) is 0 Å². The summed E-state index contributed by atoms with van der Waals surface area (Å²) >= 11 is 0. The average Bonchev–Trinajstić information content (AvgIpc) is 2.89. The van der Waals surface area contributed by atoms with E-state index in [-0.39, 0.29) is 17.8 Å². The van der Waals surface area contributed by atoms with E-state index in [1.807, 2.05) is 0 Å². The van der Waals surface area contributed by atoms with Crippen molar-refractivity contribution in [3.05, 3.63) is 40.3 Å². The molecule has 7 nitrogen and oxygen atoms in total. The quantitative estimate of drug-likeness (QED) is 0.748. The van der Waals surface area contributed by atoms with E-state index >= 15 is 0 Å². The van der Waals surface area contributed by atoms with Crippen LogP contribution in [-0.4, -0.2) is 58.4 Å². The summed E-state index contributed by atoms with van der Waals surface area (Å²) in [4.78, 5) is 26.4. The first-order chi connectivity index (χ1) is 12.1. The number of carbonyl (C=O) groups is 1. The van der Waals surface area contributed by atoms with Gasteiger partial charge in [0.2, 0.25) is 0 Å². The Morgan fingerprint density at radius 2 is 1.88 bits per heavy atom. The lowest BCUT2D eigenvalue weighted by molar-refractivity contribution is 0.0859. The van der Waals surface area contributed by atoms with Gasteiger partial charge in [-0.05, 0) is 32.0 Å². The third kappa shape index (κ3) is 4.43. The molecular weight excluding hydrogens is 320 g/mol. The number of β-amino-alcohol motifs (C(OH)–C–C–N with tert-alkyl or cyclic N) is 1. The molecule has 25 heavy (non-hydrogen) atoms. The number of hydrogen-bond donors (Lipinski definition) is 3. The number of H-pyrrole nitrogens is 1. The van der Waals surface area contributed by atoms with Gasteiger partial charge in [0.1, 0.15) is 0 Å². The van der Waals surface area contributed by atoms with E-state index in [1.54, 1.807) is 24.3 Å². The first-order valence-electron chi connectivity index (χ1n) is 8.81. The van der Waals surface area contributed by atoms with Crippen LogP contribution in [0.15, 0.2) is 29.1 Å². The molecule has 134 valence electrons. The lowest BCUT2D eigenvalue weighted by Crippen LogP contribution is -2.40. The van der Waals surface area contributed by atoms with Crippen LogP contribution < -0.4 is 10.9 Å². The highest BCUT2D eigenvalue weighted by Gasteiger charge is 2.17. The second-order valence-corrected chi connectivity index (χ2v) is 6.53. The van der Waals surface area contributed by atoms with Gasteiger partial charge < -0.3 is 15.3 Å². The molecule has 1 aliphatic rings. The molecule has 1 unspecified atom stereocenters. The van der Waals surface area contributed by atoms with E-state index in [9.17, 15) is 14.7 Å². The van der Waals surface area contributed by atoms with Crippen molar-refractivity contribution >= 4 is 16.7 Å². The lowest BCUT2D eigenvalue weighted by atomic mass is 10.1. The minimum atomic E-state index is -0.629. The number of nitrogens with zero attached hydrogens (tertiary/aromatic N) is 2. The fourth-order valence-corrected chi connectivity index (χ4v) is 3.26. The first kappa shape index (κ1) is 17.6. The van der Waals surface area contributed by atoms with Crippen LogP contribution in [0.4, 0.5) is 0 Å². The van der Waals surface area contributed by atoms with Crippen LogP contribution in [0.3, 0.4) is 0 Å². The highest BCUT2D eigenvalue weighted by atomic mass is 16.3. The van der Waals surface area contributed by atoms with Gasteiger partial charge in [-0.2, -0.15) is 5.10 Å². The van der Waals surface area contributed by atoms with Gasteiger partial charge in [0, 0.05) is 18.5 Å². The zero-order valence-corrected chi connectivity index (χ0v) is 14.2. The molecule has 1 fully saturated rings. The van der Waals surface area contributed by atoms with E-state index in [0.717, 1.165) is 25.9 Å². The maximum atomic E-state index is 12.4. The summed E-state index contributed by atoms with van der Waals surface area (Å²) in [6.07, 6.45) is 4.18. The van der Waals surface area contributed by atoms with E-state index in [1.165, 1.54) is 12.8 Å². The number of carbonyl (C=O) groups excluding carboxylic acids is 1. The Labute approximate surface area is 146 Å². The molecule has 1 amide bonds. The number of fused-ring (bicyclic) bond motifs is 1. The summed E-state index contributed by atoms with van der Waals surface area (Å²) in [6.45, 7) is 2.71. The van der Waals surface area contributed by atoms with Gasteiger partial charge in [-0.3, -0.25) is 9.59 Å². The van der Waals surface area contributed by atoms with Crippen LogP contribution in [-0.2, 0) is 0 Å². The summed E-state index contributed by atoms with van der Waals surface area (Å²) in [6, 6.07) is 6.85. The van der Waals surface area contributed by atoms with E-state index in [0.29, 0.717) is 17.3 Å². The molecule has 0 spiro atoms. The number of aliphatic hydroxyl groups excluding tert-OH is 1. The Morgan fingerprint density at radius 3 is 2.60 bits per heavy atom. The van der Waals surface area contributed by atoms with E-state index < -0.39 is 12.0 Å². The molecule has 1 atom stereocenters. The summed E-state index contributed by atoms with van der Waals surface area (Å²) in [5, 5.41) is 20.1. The second-order valence-electron chi connectivity index (χ2n) is 6.53. The Kier molecular flexibility index (Phi) is 5.78. The predicted molar refractivity (Wildman–Crippen MR) is 95.6 cm³/mol.